The van der Waals surface area contributed by atoms with Gasteiger partial charge in [0.1, 0.15) is 4.32 Å². The SMILES string of the molecule is CN(C)CCCN1CCSC1=S. The lowest BCUT2D eigenvalue weighted by atomic mass is 10.4. The molecule has 0 aromatic carbocycles. The summed E-state index contributed by atoms with van der Waals surface area (Å²) < 4.78 is 1.09. The highest BCUT2D eigenvalue weighted by atomic mass is 32.2. The Kier molecular flexibility index (Phi) is 4.32. The highest BCUT2D eigenvalue weighted by Gasteiger charge is 2.16. The van der Waals surface area contributed by atoms with Gasteiger partial charge in [-0.15, -0.1) is 0 Å². The molecule has 1 aliphatic rings. The van der Waals surface area contributed by atoms with Crippen LogP contribution in [0.1, 0.15) is 6.42 Å². The molecule has 0 aromatic rings. The molecule has 0 spiro atoms. The largest absolute Gasteiger partial charge is 0.357 e. The van der Waals surface area contributed by atoms with Crippen molar-refractivity contribution in [1.82, 2.24) is 9.80 Å². The minimum absolute atomic E-state index is 1.09. The van der Waals surface area contributed by atoms with Gasteiger partial charge in [-0.1, -0.05) is 24.0 Å². The molecule has 0 N–H and O–H groups in total. The van der Waals surface area contributed by atoms with E-state index >= 15 is 0 Å². The first kappa shape index (κ1) is 10.3. The molecule has 0 amide bonds. The molecule has 0 aliphatic carbocycles. The van der Waals surface area contributed by atoms with Crippen molar-refractivity contribution in [1.29, 1.82) is 0 Å². The lowest BCUT2D eigenvalue weighted by Gasteiger charge is -2.17. The van der Waals surface area contributed by atoms with Crippen LogP contribution in [0.5, 0.6) is 0 Å². The summed E-state index contributed by atoms with van der Waals surface area (Å²) in [6.45, 7) is 3.44. The average molecular weight is 204 g/mol. The molecule has 1 aliphatic heterocycles. The number of hydrogen-bond donors (Lipinski definition) is 0. The summed E-state index contributed by atoms with van der Waals surface area (Å²) in [5.41, 5.74) is 0. The lowest BCUT2D eigenvalue weighted by Crippen LogP contribution is -2.26. The Bertz CT molecular complexity index is 159. The molecular formula is C8H16N2S2. The van der Waals surface area contributed by atoms with Crippen LogP contribution in [0.3, 0.4) is 0 Å². The minimum atomic E-state index is 1.09. The predicted octanol–water partition coefficient (Wildman–Crippen LogP) is 1.27. The second-order valence-corrected chi connectivity index (χ2v) is 4.99. The number of thioether (sulfide) groups is 1. The molecule has 1 rings (SSSR count). The summed E-state index contributed by atoms with van der Waals surface area (Å²) in [6.07, 6.45) is 1.22. The van der Waals surface area contributed by atoms with E-state index in [4.69, 9.17) is 12.2 Å². The second-order valence-electron chi connectivity index (χ2n) is 3.26. The van der Waals surface area contributed by atoms with Crippen LogP contribution in [0.25, 0.3) is 0 Å². The molecule has 0 atom stereocenters. The van der Waals surface area contributed by atoms with Crippen LogP contribution in [0.4, 0.5) is 0 Å². The number of thiocarbonyl (C=S) groups is 1. The zero-order chi connectivity index (χ0) is 8.97. The first-order valence-electron chi connectivity index (χ1n) is 4.26. The van der Waals surface area contributed by atoms with Gasteiger partial charge in [-0.3, -0.25) is 0 Å². The molecule has 0 bridgehead atoms. The standard InChI is InChI=1S/C8H16N2S2/c1-9(2)4-3-5-10-6-7-12-8(10)11/h3-7H2,1-2H3. The Hall–Kier alpha value is 0.200. The highest BCUT2D eigenvalue weighted by molar-refractivity contribution is 8.23. The maximum absolute atomic E-state index is 5.19. The molecule has 12 heavy (non-hydrogen) atoms. The molecule has 4 heteroatoms. The molecule has 0 unspecified atom stereocenters. The van der Waals surface area contributed by atoms with Crippen molar-refractivity contribution in [2.45, 2.75) is 6.42 Å². The predicted molar refractivity (Wildman–Crippen MR) is 59.8 cm³/mol. The maximum atomic E-state index is 5.19. The monoisotopic (exact) mass is 204 g/mol. The van der Waals surface area contributed by atoms with Crippen molar-refractivity contribution >= 4 is 28.3 Å². The molecular weight excluding hydrogens is 188 g/mol. The van der Waals surface area contributed by atoms with Crippen LogP contribution in [0.15, 0.2) is 0 Å². The summed E-state index contributed by atoms with van der Waals surface area (Å²) in [4.78, 5) is 4.52. The zero-order valence-electron chi connectivity index (χ0n) is 7.75. The Balaban J connectivity index is 2.10. The van der Waals surface area contributed by atoms with E-state index in [-0.39, 0.29) is 0 Å². The van der Waals surface area contributed by atoms with Gasteiger partial charge in [0.15, 0.2) is 0 Å². The van der Waals surface area contributed by atoms with Crippen LogP contribution in [-0.4, -0.2) is 53.6 Å². The van der Waals surface area contributed by atoms with E-state index < -0.39 is 0 Å². The fraction of sp³-hybridized carbons (Fsp3) is 0.875. The molecule has 1 saturated heterocycles. The van der Waals surface area contributed by atoms with E-state index in [9.17, 15) is 0 Å². The van der Waals surface area contributed by atoms with Crippen LogP contribution < -0.4 is 0 Å². The molecule has 1 fully saturated rings. The topological polar surface area (TPSA) is 6.48 Å². The van der Waals surface area contributed by atoms with E-state index in [0.29, 0.717) is 0 Å². The van der Waals surface area contributed by atoms with Crippen molar-refractivity contribution in [2.24, 2.45) is 0 Å². The number of rotatable bonds is 4. The van der Waals surface area contributed by atoms with Crippen molar-refractivity contribution in [3.8, 4) is 0 Å². The molecule has 0 saturated carbocycles. The average Bonchev–Trinajstić information content (AvgIpc) is 2.36. The minimum Gasteiger partial charge on any atom is -0.357 e. The van der Waals surface area contributed by atoms with Crippen LogP contribution >= 0.6 is 24.0 Å². The highest BCUT2D eigenvalue weighted by Crippen LogP contribution is 2.17. The van der Waals surface area contributed by atoms with E-state index in [1.54, 1.807) is 0 Å². The first-order chi connectivity index (χ1) is 5.70. The Morgan fingerprint density at radius 2 is 2.33 bits per heavy atom. The van der Waals surface area contributed by atoms with Gasteiger partial charge in [0, 0.05) is 18.8 Å². The van der Waals surface area contributed by atoms with Gasteiger partial charge in [-0.05, 0) is 27.1 Å². The van der Waals surface area contributed by atoms with Gasteiger partial charge < -0.3 is 9.80 Å². The van der Waals surface area contributed by atoms with Crippen LogP contribution in [0, 0.1) is 0 Å². The summed E-state index contributed by atoms with van der Waals surface area (Å²) in [6, 6.07) is 0. The summed E-state index contributed by atoms with van der Waals surface area (Å²) in [7, 11) is 4.22. The summed E-state index contributed by atoms with van der Waals surface area (Å²) >= 11 is 7.00. The Morgan fingerprint density at radius 3 is 2.83 bits per heavy atom. The van der Waals surface area contributed by atoms with Crippen molar-refractivity contribution < 1.29 is 0 Å². The van der Waals surface area contributed by atoms with Crippen molar-refractivity contribution in [3.63, 3.8) is 0 Å². The third kappa shape index (κ3) is 3.29. The van der Waals surface area contributed by atoms with Crippen LogP contribution in [-0.2, 0) is 0 Å². The van der Waals surface area contributed by atoms with Crippen molar-refractivity contribution in [2.75, 3.05) is 39.5 Å². The third-order valence-corrected chi connectivity index (χ3v) is 3.38. The molecule has 2 nitrogen and oxygen atoms in total. The Labute approximate surface area is 84.3 Å². The quantitative estimate of drug-likeness (QED) is 0.636. The molecule has 0 radical (unpaired) electrons. The molecule has 1 heterocycles. The number of hydrogen-bond acceptors (Lipinski definition) is 3. The number of nitrogens with zero attached hydrogens (tertiary/aromatic N) is 2. The second kappa shape index (κ2) is 5.04. The summed E-state index contributed by atoms with van der Waals surface area (Å²) in [5, 5.41) is 0. The fourth-order valence-corrected chi connectivity index (χ4v) is 2.49. The van der Waals surface area contributed by atoms with Gasteiger partial charge in [-0.2, -0.15) is 0 Å². The van der Waals surface area contributed by atoms with Crippen LogP contribution in [0.2, 0.25) is 0 Å². The third-order valence-electron chi connectivity index (χ3n) is 1.88. The van der Waals surface area contributed by atoms with Gasteiger partial charge in [0.25, 0.3) is 0 Å². The van der Waals surface area contributed by atoms with Gasteiger partial charge in [-0.25, -0.2) is 0 Å². The van der Waals surface area contributed by atoms with Gasteiger partial charge in [0.2, 0.25) is 0 Å². The lowest BCUT2D eigenvalue weighted by molar-refractivity contribution is 0.362. The zero-order valence-corrected chi connectivity index (χ0v) is 9.38. The normalized spacial score (nSPS) is 17.9. The maximum Gasteiger partial charge on any atom is 0.136 e. The molecule has 0 aromatic heterocycles. The molecule has 70 valence electrons. The van der Waals surface area contributed by atoms with Gasteiger partial charge >= 0.3 is 0 Å². The Morgan fingerprint density at radius 1 is 1.58 bits per heavy atom. The van der Waals surface area contributed by atoms with Crippen molar-refractivity contribution in [3.05, 3.63) is 0 Å². The van der Waals surface area contributed by atoms with E-state index in [0.717, 1.165) is 24.0 Å². The smallest absolute Gasteiger partial charge is 0.136 e. The van der Waals surface area contributed by atoms with E-state index in [1.807, 2.05) is 11.8 Å². The first-order valence-corrected chi connectivity index (χ1v) is 5.66. The fourth-order valence-electron chi connectivity index (χ4n) is 1.21. The van der Waals surface area contributed by atoms with E-state index in [2.05, 4.69) is 23.9 Å². The summed E-state index contributed by atoms with van der Waals surface area (Å²) in [5.74, 6) is 1.18. The van der Waals surface area contributed by atoms with E-state index in [1.165, 1.54) is 12.2 Å². The van der Waals surface area contributed by atoms with Gasteiger partial charge in [0.05, 0.1) is 0 Å².